The quantitative estimate of drug-likeness (QED) is 0.793. The van der Waals surface area contributed by atoms with Gasteiger partial charge in [0.2, 0.25) is 0 Å². The van der Waals surface area contributed by atoms with Crippen molar-refractivity contribution in [3.63, 3.8) is 0 Å². The van der Waals surface area contributed by atoms with E-state index in [4.69, 9.17) is 10.5 Å². The van der Waals surface area contributed by atoms with E-state index in [0.717, 1.165) is 13.0 Å². The normalized spacial score (nSPS) is 13.7. The number of rotatable bonds is 5. The van der Waals surface area contributed by atoms with Crippen LogP contribution in [0.3, 0.4) is 0 Å². The van der Waals surface area contributed by atoms with Crippen LogP contribution in [0.25, 0.3) is 0 Å². The summed E-state index contributed by atoms with van der Waals surface area (Å²) in [6.45, 7) is 10.1. The maximum Gasteiger partial charge on any atom is 0.0659 e. The third-order valence-corrected chi connectivity index (χ3v) is 2.88. The minimum Gasteiger partial charge on any atom is -0.379 e. The summed E-state index contributed by atoms with van der Waals surface area (Å²) < 4.78 is 5.66. The zero-order valence-electron chi connectivity index (χ0n) is 11.5. The van der Waals surface area contributed by atoms with Crippen molar-refractivity contribution in [2.45, 2.75) is 40.2 Å². The molecular formula is C15H25NO. The smallest absolute Gasteiger partial charge is 0.0659 e. The third-order valence-electron chi connectivity index (χ3n) is 2.88. The van der Waals surface area contributed by atoms with E-state index in [2.05, 4.69) is 39.8 Å². The van der Waals surface area contributed by atoms with Crippen molar-refractivity contribution in [2.75, 3.05) is 13.2 Å². The molecule has 0 amide bonds. The molecule has 0 saturated carbocycles. The maximum atomic E-state index is 6.12. The Morgan fingerprint density at radius 2 is 1.88 bits per heavy atom. The zero-order chi connectivity index (χ0) is 12.9. The Hall–Kier alpha value is -0.860. The number of ether oxygens (including phenoxy) is 1. The Balaban J connectivity index is 2.36. The molecule has 0 fully saturated rings. The van der Waals surface area contributed by atoms with Gasteiger partial charge in [-0.05, 0) is 29.9 Å². The standard InChI is InChI=1S/C15H25NO/c1-12-7-5-6-8-13(12)14(16)11-17-10-9-15(2,3)4/h5-8,14H,9-11,16H2,1-4H3. The first-order chi connectivity index (χ1) is 7.90. The van der Waals surface area contributed by atoms with Gasteiger partial charge in [-0.1, -0.05) is 45.0 Å². The van der Waals surface area contributed by atoms with Crippen LogP contribution in [0.2, 0.25) is 0 Å². The van der Waals surface area contributed by atoms with Gasteiger partial charge in [-0.15, -0.1) is 0 Å². The van der Waals surface area contributed by atoms with Gasteiger partial charge in [-0.2, -0.15) is 0 Å². The molecule has 2 heteroatoms. The molecule has 1 unspecified atom stereocenters. The number of hydrogen-bond acceptors (Lipinski definition) is 2. The van der Waals surface area contributed by atoms with Crippen LogP contribution in [0.15, 0.2) is 24.3 Å². The zero-order valence-corrected chi connectivity index (χ0v) is 11.5. The maximum absolute atomic E-state index is 6.12. The van der Waals surface area contributed by atoms with Gasteiger partial charge in [-0.25, -0.2) is 0 Å². The first kappa shape index (κ1) is 14.2. The summed E-state index contributed by atoms with van der Waals surface area (Å²) in [6.07, 6.45) is 1.06. The lowest BCUT2D eigenvalue weighted by Crippen LogP contribution is -2.19. The van der Waals surface area contributed by atoms with Crippen LogP contribution in [0.1, 0.15) is 44.4 Å². The number of hydrogen-bond donors (Lipinski definition) is 1. The van der Waals surface area contributed by atoms with Crippen LogP contribution in [-0.4, -0.2) is 13.2 Å². The number of benzene rings is 1. The highest BCUT2D eigenvalue weighted by Crippen LogP contribution is 2.19. The fraction of sp³-hybridized carbons (Fsp3) is 0.600. The van der Waals surface area contributed by atoms with E-state index < -0.39 is 0 Å². The molecule has 0 spiro atoms. The van der Waals surface area contributed by atoms with Gasteiger partial charge in [-0.3, -0.25) is 0 Å². The van der Waals surface area contributed by atoms with Crippen molar-refractivity contribution in [2.24, 2.45) is 11.1 Å². The molecule has 1 atom stereocenters. The Bertz CT molecular complexity index is 341. The molecule has 0 saturated heterocycles. The summed E-state index contributed by atoms with van der Waals surface area (Å²) in [5, 5.41) is 0. The highest BCUT2D eigenvalue weighted by molar-refractivity contribution is 5.28. The minimum atomic E-state index is -0.0174. The van der Waals surface area contributed by atoms with Gasteiger partial charge in [0.05, 0.1) is 12.6 Å². The van der Waals surface area contributed by atoms with E-state index in [-0.39, 0.29) is 6.04 Å². The highest BCUT2D eigenvalue weighted by Gasteiger charge is 2.11. The SMILES string of the molecule is Cc1ccccc1C(N)COCCC(C)(C)C. The number of nitrogens with two attached hydrogens (primary N) is 1. The largest absolute Gasteiger partial charge is 0.379 e. The summed E-state index contributed by atoms with van der Waals surface area (Å²) in [4.78, 5) is 0. The molecule has 1 aromatic rings. The predicted molar refractivity (Wildman–Crippen MR) is 73.0 cm³/mol. The first-order valence-corrected chi connectivity index (χ1v) is 6.29. The highest BCUT2D eigenvalue weighted by atomic mass is 16.5. The topological polar surface area (TPSA) is 35.2 Å². The molecule has 2 nitrogen and oxygen atoms in total. The van der Waals surface area contributed by atoms with Crippen LogP contribution < -0.4 is 5.73 Å². The van der Waals surface area contributed by atoms with Crippen molar-refractivity contribution in [1.29, 1.82) is 0 Å². The fourth-order valence-electron chi connectivity index (χ4n) is 1.68. The predicted octanol–water partition coefficient (Wildman–Crippen LogP) is 3.45. The van der Waals surface area contributed by atoms with Gasteiger partial charge in [0, 0.05) is 6.61 Å². The lowest BCUT2D eigenvalue weighted by atomic mass is 9.93. The van der Waals surface area contributed by atoms with Gasteiger partial charge in [0.1, 0.15) is 0 Å². The molecule has 0 aliphatic carbocycles. The Kier molecular flexibility index (Phi) is 5.16. The first-order valence-electron chi connectivity index (χ1n) is 6.29. The van der Waals surface area contributed by atoms with Gasteiger partial charge >= 0.3 is 0 Å². The van der Waals surface area contributed by atoms with Gasteiger partial charge < -0.3 is 10.5 Å². The second kappa shape index (κ2) is 6.18. The van der Waals surface area contributed by atoms with Crippen molar-refractivity contribution >= 4 is 0 Å². The van der Waals surface area contributed by atoms with E-state index in [1.165, 1.54) is 11.1 Å². The van der Waals surface area contributed by atoms with Crippen LogP contribution in [-0.2, 0) is 4.74 Å². The minimum absolute atomic E-state index is 0.0174. The van der Waals surface area contributed by atoms with Crippen molar-refractivity contribution in [1.82, 2.24) is 0 Å². The molecule has 1 rings (SSSR count). The molecule has 0 aromatic heterocycles. The summed E-state index contributed by atoms with van der Waals surface area (Å²) >= 11 is 0. The molecule has 96 valence electrons. The summed E-state index contributed by atoms with van der Waals surface area (Å²) in [5.41, 5.74) is 8.87. The molecule has 17 heavy (non-hydrogen) atoms. The molecule has 0 radical (unpaired) electrons. The van der Waals surface area contributed by atoms with E-state index in [1.54, 1.807) is 0 Å². The summed E-state index contributed by atoms with van der Waals surface area (Å²) in [5.74, 6) is 0. The average Bonchev–Trinajstić information content (AvgIpc) is 2.23. The van der Waals surface area contributed by atoms with E-state index in [1.807, 2.05) is 12.1 Å². The second-order valence-electron chi connectivity index (χ2n) is 5.85. The van der Waals surface area contributed by atoms with Crippen LogP contribution in [0.5, 0.6) is 0 Å². The Labute approximate surface area is 105 Å². The van der Waals surface area contributed by atoms with Gasteiger partial charge in [0.15, 0.2) is 0 Å². The van der Waals surface area contributed by atoms with Gasteiger partial charge in [0.25, 0.3) is 0 Å². The average molecular weight is 235 g/mol. The van der Waals surface area contributed by atoms with Crippen LogP contribution in [0, 0.1) is 12.3 Å². The van der Waals surface area contributed by atoms with Crippen molar-refractivity contribution in [3.05, 3.63) is 35.4 Å². The molecule has 0 bridgehead atoms. The second-order valence-corrected chi connectivity index (χ2v) is 5.85. The van der Waals surface area contributed by atoms with E-state index >= 15 is 0 Å². The summed E-state index contributed by atoms with van der Waals surface area (Å²) in [7, 11) is 0. The van der Waals surface area contributed by atoms with E-state index in [0.29, 0.717) is 12.0 Å². The Morgan fingerprint density at radius 1 is 1.24 bits per heavy atom. The molecule has 0 heterocycles. The molecule has 2 N–H and O–H groups in total. The lowest BCUT2D eigenvalue weighted by Gasteiger charge is -2.19. The molecule has 0 aliphatic heterocycles. The molecule has 1 aromatic carbocycles. The fourth-order valence-corrected chi connectivity index (χ4v) is 1.68. The number of aryl methyl sites for hydroxylation is 1. The van der Waals surface area contributed by atoms with E-state index in [9.17, 15) is 0 Å². The lowest BCUT2D eigenvalue weighted by molar-refractivity contribution is 0.0973. The molecular weight excluding hydrogens is 210 g/mol. The van der Waals surface area contributed by atoms with Crippen LogP contribution in [0.4, 0.5) is 0 Å². The van der Waals surface area contributed by atoms with Crippen molar-refractivity contribution in [3.8, 4) is 0 Å². The van der Waals surface area contributed by atoms with Crippen molar-refractivity contribution < 1.29 is 4.74 Å². The third kappa shape index (κ3) is 5.33. The monoisotopic (exact) mass is 235 g/mol. The summed E-state index contributed by atoms with van der Waals surface area (Å²) in [6, 6.07) is 8.21. The Morgan fingerprint density at radius 3 is 2.47 bits per heavy atom. The molecule has 0 aliphatic rings. The van der Waals surface area contributed by atoms with Crippen LogP contribution >= 0.6 is 0 Å².